The molecule has 3 heteroatoms. The van der Waals surface area contributed by atoms with E-state index in [-0.39, 0.29) is 11.9 Å². The molecule has 2 rings (SSSR count). The molecule has 1 heterocycles. The van der Waals surface area contributed by atoms with Crippen LogP contribution in [-0.2, 0) is 4.79 Å². The molecular formula is C11H14N2O. The number of benzene rings is 1. The Balaban J connectivity index is 2.13. The monoisotopic (exact) mass is 190 g/mol. The normalized spacial score (nSPS) is 22.6. The van der Waals surface area contributed by atoms with Crippen molar-refractivity contribution in [2.75, 3.05) is 13.1 Å². The zero-order valence-electron chi connectivity index (χ0n) is 7.99. The topological polar surface area (TPSA) is 41.1 Å². The lowest BCUT2D eigenvalue weighted by molar-refractivity contribution is -0.121. The van der Waals surface area contributed by atoms with Gasteiger partial charge in [-0.2, -0.15) is 0 Å². The van der Waals surface area contributed by atoms with E-state index < -0.39 is 0 Å². The zero-order chi connectivity index (χ0) is 9.80. The van der Waals surface area contributed by atoms with Crippen molar-refractivity contribution in [3.63, 3.8) is 0 Å². The fourth-order valence-electron chi connectivity index (χ4n) is 1.70. The van der Waals surface area contributed by atoms with Gasteiger partial charge in [-0.1, -0.05) is 30.3 Å². The van der Waals surface area contributed by atoms with Gasteiger partial charge in [0.1, 0.15) is 0 Å². The summed E-state index contributed by atoms with van der Waals surface area (Å²) in [5.41, 5.74) is 1.18. The van der Waals surface area contributed by atoms with Gasteiger partial charge in [-0.25, -0.2) is 0 Å². The molecule has 0 saturated carbocycles. The third kappa shape index (κ3) is 2.12. The Kier molecular flexibility index (Phi) is 2.79. The highest BCUT2D eigenvalue weighted by Gasteiger charge is 2.17. The van der Waals surface area contributed by atoms with Crippen LogP contribution in [0.5, 0.6) is 0 Å². The minimum absolute atomic E-state index is 0.129. The lowest BCUT2D eigenvalue weighted by atomic mass is 10.0. The first-order valence-corrected chi connectivity index (χ1v) is 4.91. The predicted molar refractivity (Wildman–Crippen MR) is 54.8 cm³/mol. The Morgan fingerprint density at radius 1 is 1.14 bits per heavy atom. The summed E-state index contributed by atoms with van der Waals surface area (Å²) < 4.78 is 0. The van der Waals surface area contributed by atoms with E-state index in [0.29, 0.717) is 6.42 Å². The highest BCUT2D eigenvalue weighted by molar-refractivity contribution is 5.77. The maximum Gasteiger partial charge on any atom is 0.221 e. The van der Waals surface area contributed by atoms with Crippen molar-refractivity contribution in [1.82, 2.24) is 10.6 Å². The number of carbonyl (C=O) groups excluding carboxylic acids is 1. The molecule has 74 valence electrons. The zero-order valence-corrected chi connectivity index (χ0v) is 7.99. The van der Waals surface area contributed by atoms with Crippen molar-refractivity contribution in [2.45, 2.75) is 12.5 Å². The summed E-state index contributed by atoms with van der Waals surface area (Å²) in [5, 5.41) is 6.19. The molecule has 1 amide bonds. The van der Waals surface area contributed by atoms with Crippen LogP contribution in [0.15, 0.2) is 30.3 Å². The van der Waals surface area contributed by atoms with Crippen LogP contribution in [0.1, 0.15) is 18.0 Å². The van der Waals surface area contributed by atoms with Gasteiger partial charge in [-0.05, 0) is 5.56 Å². The summed E-state index contributed by atoms with van der Waals surface area (Å²) in [6.45, 7) is 1.56. The van der Waals surface area contributed by atoms with E-state index in [4.69, 9.17) is 0 Å². The van der Waals surface area contributed by atoms with Crippen molar-refractivity contribution in [3.8, 4) is 0 Å². The Morgan fingerprint density at radius 2 is 1.93 bits per heavy atom. The SMILES string of the molecule is O=C1C[C@H](c2ccccc2)NCCN1. The largest absolute Gasteiger partial charge is 0.355 e. The van der Waals surface area contributed by atoms with Crippen LogP contribution in [-0.4, -0.2) is 19.0 Å². The fraction of sp³-hybridized carbons (Fsp3) is 0.364. The lowest BCUT2D eigenvalue weighted by Gasteiger charge is -2.14. The predicted octanol–water partition coefficient (Wildman–Crippen LogP) is 0.837. The molecule has 0 spiro atoms. The van der Waals surface area contributed by atoms with Crippen molar-refractivity contribution < 1.29 is 4.79 Å². The Hall–Kier alpha value is -1.35. The summed E-state index contributed by atoms with van der Waals surface area (Å²) >= 11 is 0. The van der Waals surface area contributed by atoms with Gasteiger partial charge >= 0.3 is 0 Å². The van der Waals surface area contributed by atoms with E-state index in [1.54, 1.807) is 0 Å². The van der Waals surface area contributed by atoms with Gasteiger partial charge in [0.25, 0.3) is 0 Å². The van der Waals surface area contributed by atoms with Crippen LogP contribution in [0.25, 0.3) is 0 Å². The molecule has 1 atom stereocenters. The van der Waals surface area contributed by atoms with Gasteiger partial charge in [-0.3, -0.25) is 4.79 Å². The summed E-state index contributed by atoms with van der Waals surface area (Å²) in [5.74, 6) is 0.129. The minimum Gasteiger partial charge on any atom is -0.355 e. The van der Waals surface area contributed by atoms with Crippen LogP contribution in [0.2, 0.25) is 0 Å². The highest BCUT2D eigenvalue weighted by atomic mass is 16.1. The minimum atomic E-state index is 0.129. The molecule has 0 bridgehead atoms. The molecular weight excluding hydrogens is 176 g/mol. The number of nitrogens with one attached hydrogen (secondary N) is 2. The molecule has 0 unspecified atom stereocenters. The van der Waals surface area contributed by atoms with Gasteiger partial charge < -0.3 is 10.6 Å². The first-order valence-electron chi connectivity index (χ1n) is 4.91. The van der Waals surface area contributed by atoms with Crippen LogP contribution in [0.3, 0.4) is 0 Å². The molecule has 3 nitrogen and oxygen atoms in total. The van der Waals surface area contributed by atoms with Gasteiger partial charge in [0.05, 0.1) is 0 Å². The fourth-order valence-corrected chi connectivity index (χ4v) is 1.70. The third-order valence-electron chi connectivity index (χ3n) is 2.43. The Morgan fingerprint density at radius 3 is 2.71 bits per heavy atom. The van der Waals surface area contributed by atoms with Crippen LogP contribution < -0.4 is 10.6 Å². The van der Waals surface area contributed by atoms with Crippen molar-refractivity contribution >= 4 is 5.91 Å². The Bertz CT molecular complexity index is 310. The molecule has 1 aromatic rings. The number of rotatable bonds is 1. The molecule has 1 fully saturated rings. The van der Waals surface area contributed by atoms with Gasteiger partial charge in [0, 0.05) is 25.6 Å². The van der Waals surface area contributed by atoms with Crippen LogP contribution in [0, 0.1) is 0 Å². The molecule has 1 aromatic carbocycles. The number of amides is 1. The second kappa shape index (κ2) is 4.24. The van der Waals surface area contributed by atoms with E-state index in [1.165, 1.54) is 5.56 Å². The number of carbonyl (C=O) groups is 1. The van der Waals surface area contributed by atoms with Crippen molar-refractivity contribution in [2.24, 2.45) is 0 Å². The first-order chi connectivity index (χ1) is 6.86. The van der Waals surface area contributed by atoms with E-state index in [2.05, 4.69) is 22.8 Å². The lowest BCUT2D eigenvalue weighted by Crippen LogP contribution is -2.24. The van der Waals surface area contributed by atoms with E-state index in [1.807, 2.05) is 18.2 Å². The standard InChI is InChI=1S/C11H14N2O/c14-11-8-10(12-6-7-13-11)9-4-2-1-3-5-9/h1-5,10,12H,6-8H2,(H,13,14)/t10-/m1/s1. The molecule has 0 aromatic heterocycles. The van der Waals surface area contributed by atoms with Gasteiger partial charge in [0.15, 0.2) is 0 Å². The van der Waals surface area contributed by atoms with Crippen molar-refractivity contribution in [3.05, 3.63) is 35.9 Å². The molecule has 1 saturated heterocycles. The summed E-state index contributed by atoms with van der Waals surface area (Å²) in [7, 11) is 0. The van der Waals surface area contributed by atoms with E-state index in [0.717, 1.165) is 13.1 Å². The Labute approximate surface area is 83.5 Å². The first kappa shape index (κ1) is 9.21. The summed E-state index contributed by atoms with van der Waals surface area (Å²) in [6, 6.07) is 10.3. The molecule has 14 heavy (non-hydrogen) atoms. The molecule has 0 aliphatic carbocycles. The van der Waals surface area contributed by atoms with Crippen molar-refractivity contribution in [1.29, 1.82) is 0 Å². The third-order valence-corrected chi connectivity index (χ3v) is 2.43. The van der Waals surface area contributed by atoms with Crippen LogP contribution >= 0.6 is 0 Å². The summed E-state index contributed by atoms with van der Waals surface area (Å²) in [6.07, 6.45) is 0.532. The second-order valence-corrected chi connectivity index (χ2v) is 3.47. The van der Waals surface area contributed by atoms with Gasteiger partial charge in [0.2, 0.25) is 5.91 Å². The second-order valence-electron chi connectivity index (χ2n) is 3.47. The van der Waals surface area contributed by atoms with Gasteiger partial charge in [-0.15, -0.1) is 0 Å². The summed E-state index contributed by atoms with van der Waals surface area (Å²) in [4.78, 5) is 11.3. The smallest absolute Gasteiger partial charge is 0.221 e. The average Bonchev–Trinajstić information content (AvgIpc) is 2.44. The molecule has 1 aliphatic heterocycles. The number of hydrogen-bond donors (Lipinski definition) is 2. The molecule has 2 N–H and O–H groups in total. The van der Waals surface area contributed by atoms with Crippen LogP contribution in [0.4, 0.5) is 0 Å². The maximum atomic E-state index is 11.3. The molecule has 1 aliphatic rings. The quantitative estimate of drug-likeness (QED) is 0.689. The molecule has 0 radical (unpaired) electrons. The van der Waals surface area contributed by atoms with E-state index >= 15 is 0 Å². The number of hydrogen-bond acceptors (Lipinski definition) is 2. The average molecular weight is 190 g/mol. The highest BCUT2D eigenvalue weighted by Crippen LogP contribution is 2.16. The van der Waals surface area contributed by atoms with E-state index in [9.17, 15) is 4.79 Å². The maximum absolute atomic E-state index is 11.3.